The van der Waals surface area contributed by atoms with Crippen LogP contribution in [0.1, 0.15) is 141 Å². The first kappa shape index (κ1) is 39.6. The summed E-state index contributed by atoms with van der Waals surface area (Å²) in [6, 6.07) is 0. The molecule has 0 saturated heterocycles. The van der Waals surface area contributed by atoms with E-state index in [1.165, 1.54) is 53.5 Å². The van der Waals surface area contributed by atoms with E-state index in [1.807, 2.05) is 0 Å². The van der Waals surface area contributed by atoms with Gasteiger partial charge in [0.15, 0.2) is 0 Å². The largest absolute Gasteiger partial charge is 0.462 e. The number of allylic oxidation sites excluding steroid dienone is 15. The van der Waals surface area contributed by atoms with Crippen molar-refractivity contribution in [1.29, 1.82) is 0 Å². The second-order valence-corrected chi connectivity index (χ2v) is 19.1. The van der Waals surface area contributed by atoms with Crippen molar-refractivity contribution in [2.24, 2.45) is 57.7 Å². The van der Waals surface area contributed by atoms with Crippen LogP contribution in [0.2, 0.25) is 0 Å². The van der Waals surface area contributed by atoms with Crippen LogP contribution >= 0.6 is 0 Å². The molecule has 280 valence electrons. The van der Waals surface area contributed by atoms with Gasteiger partial charge in [-0.2, -0.15) is 0 Å². The van der Waals surface area contributed by atoms with Gasteiger partial charge in [0.05, 0.1) is 5.92 Å². The average molecular weight is 693 g/mol. The minimum Gasteiger partial charge on any atom is -0.462 e. The van der Waals surface area contributed by atoms with Crippen LogP contribution in [0, 0.1) is 57.7 Å². The van der Waals surface area contributed by atoms with Crippen molar-refractivity contribution >= 4 is 5.97 Å². The van der Waals surface area contributed by atoms with E-state index in [2.05, 4.69) is 144 Å². The highest BCUT2D eigenvalue weighted by Crippen LogP contribution is 2.66. The summed E-state index contributed by atoms with van der Waals surface area (Å²) in [5.74, 6) is 4.04. The van der Waals surface area contributed by atoms with E-state index in [1.54, 1.807) is 5.57 Å². The van der Waals surface area contributed by atoms with Crippen LogP contribution in [0.4, 0.5) is 0 Å². The quantitative estimate of drug-likeness (QED) is 0.129. The predicted octanol–water partition coefficient (Wildman–Crippen LogP) is 13.7. The number of fused-ring (bicyclic) bond motifs is 5. The van der Waals surface area contributed by atoms with E-state index in [0.29, 0.717) is 35.0 Å². The highest BCUT2D eigenvalue weighted by atomic mass is 16.5. The molecule has 5 aliphatic carbocycles. The zero-order valence-corrected chi connectivity index (χ0v) is 34.6. The summed E-state index contributed by atoms with van der Waals surface area (Å²) < 4.78 is 6.42. The highest BCUT2D eigenvalue weighted by Gasteiger charge is 2.57. The van der Waals surface area contributed by atoms with Crippen LogP contribution in [0.5, 0.6) is 0 Å². The number of carbonyl (C=O) groups is 1. The Hall–Kier alpha value is -2.61. The van der Waals surface area contributed by atoms with Crippen molar-refractivity contribution < 1.29 is 9.53 Å². The molecule has 0 spiro atoms. The molecule has 9 atom stereocenters. The molecule has 0 aromatic heterocycles. The molecule has 0 bridgehead atoms. The van der Waals surface area contributed by atoms with E-state index in [-0.39, 0.29) is 28.8 Å². The van der Waals surface area contributed by atoms with Gasteiger partial charge in [0.1, 0.15) is 6.10 Å². The minimum atomic E-state index is -0.0757. The van der Waals surface area contributed by atoms with Gasteiger partial charge in [-0.05, 0) is 136 Å². The van der Waals surface area contributed by atoms with E-state index in [9.17, 15) is 4.79 Å². The van der Waals surface area contributed by atoms with Crippen molar-refractivity contribution in [1.82, 2.24) is 0 Å². The smallest absolute Gasteiger partial charge is 0.309 e. The number of hydrogen-bond donors (Lipinski definition) is 0. The first-order valence-corrected chi connectivity index (χ1v) is 20.7. The van der Waals surface area contributed by atoms with Gasteiger partial charge in [-0.25, -0.2) is 0 Å². The van der Waals surface area contributed by atoms with Crippen molar-refractivity contribution in [3.8, 4) is 0 Å². The monoisotopic (exact) mass is 693 g/mol. The summed E-state index contributed by atoms with van der Waals surface area (Å²) in [5.41, 5.74) is 8.97. The third kappa shape index (κ3) is 8.31. The van der Waals surface area contributed by atoms with Crippen LogP contribution in [0.25, 0.3) is 0 Å². The Balaban J connectivity index is 1.23. The van der Waals surface area contributed by atoms with Gasteiger partial charge in [0, 0.05) is 6.42 Å². The Morgan fingerprint density at radius 3 is 2.31 bits per heavy atom. The topological polar surface area (TPSA) is 26.3 Å². The molecule has 0 aromatic rings. The van der Waals surface area contributed by atoms with Gasteiger partial charge in [0.2, 0.25) is 0 Å². The molecular weight excluding hydrogens is 621 g/mol. The van der Waals surface area contributed by atoms with Crippen molar-refractivity contribution in [2.75, 3.05) is 0 Å². The molecule has 0 aliphatic heterocycles. The van der Waals surface area contributed by atoms with Gasteiger partial charge in [-0.1, -0.05) is 144 Å². The van der Waals surface area contributed by atoms with Crippen LogP contribution in [0.15, 0.2) is 94.2 Å². The van der Waals surface area contributed by atoms with E-state index in [0.717, 1.165) is 38.0 Å². The summed E-state index contributed by atoms with van der Waals surface area (Å²) in [6.07, 6.45) is 33.1. The maximum Gasteiger partial charge on any atom is 0.309 e. The fraction of sp³-hybridized carbons (Fsp3) is 0.653. The first-order chi connectivity index (χ1) is 24.0. The summed E-state index contributed by atoms with van der Waals surface area (Å²) in [7, 11) is 0. The lowest BCUT2D eigenvalue weighted by molar-refractivity contribution is -0.157. The van der Waals surface area contributed by atoms with Crippen LogP contribution in [0.3, 0.4) is 0 Å². The Morgan fingerprint density at radius 2 is 1.63 bits per heavy atom. The van der Waals surface area contributed by atoms with Crippen molar-refractivity contribution in [3.05, 3.63) is 94.2 Å². The van der Waals surface area contributed by atoms with Gasteiger partial charge in [-0.15, -0.1) is 0 Å². The van der Waals surface area contributed by atoms with Crippen LogP contribution in [-0.2, 0) is 9.53 Å². The van der Waals surface area contributed by atoms with E-state index < -0.39 is 0 Å². The van der Waals surface area contributed by atoms with Crippen LogP contribution in [-0.4, -0.2) is 12.1 Å². The molecule has 0 N–H and O–H groups in total. The first-order valence-electron chi connectivity index (χ1n) is 20.7. The number of hydrogen-bond acceptors (Lipinski definition) is 2. The van der Waals surface area contributed by atoms with Crippen molar-refractivity contribution in [3.63, 3.8) is 0 Å². The average Bonchev–Trinajstić information content (AvgIpc) is 3.43. The Labute approximate surface area is 313 Å². The lowest BCUT2D eigenvalue weighted by atomic mass is 9.50. The molecule has 0 aromatic carbocycles. The summed E-state index contributed by atoms with van der Waals surface area (Å²) in [5, 5.41) is 0. The Kier molecular flexibility index (Phi) is 12.3. The van der Waals surface area contributed by atoms with Gasteiger partial charge < -0.3 is 4.74 Å². The molecule has 5 rings (SSSR count). The number of rotatable bonds is 10. The zero-order valence-electron chi connectivity index (χ0n) is 34.6. The summed E-state index contributed by atoms with van der Waals surface area (Å²) in [6.45, 7) is 27.8. The number of esters is 1. The summed E-state index contributed by atoms with van der Waals surface area (Å²) in [4.78, 5) is 13.8. The molecular formula is C49H72O2. The zero-order chi connectivity index (χ0) is 37.3. The standard InChI is InChI=1S/C49H72O2/c1-13-33(4)15-14-16-34(5)17-22-42-37(8)29-38(31-47(42,9)10)46(50)51-40-25-27-48(11)39(30-40)20-21-41-44-24-23-43(49(44,12)28-26-45(41)48)36(7)19-18-35(6)32(2)3/h13-22,32,35-36,38,40,43-45H,23-31H2,1-12H3/t35-,36+,38?,40-,43+,44-,45-,48-,49+/m0/s1. The van der Waals surface area contributed by atoms with Crippen molar-refractivity contribution in [2.45, 2.75) is 147 Å². The molecule has 3 fully saturated rings. The molecule has 0 heterocycles. The maximum absolute atomic E-state index is 13.8. The normalized spacial score (nSPS) is 35.5. The fourth-order valence-electron chi connectivity index (χ4n) is 11.0. The molecule has 51 heavy (non-hydrogen) atoms. The lowest BCUT2D eigenvalue weighted by Crippen LogP contribution is -2.47. The van der Waals surface area contributed by atoms with Gasteiger partial charge in [0.25, 0.3) is 0 Å². The fourth-order valence-corrected chi connectivity index (χ4v) is 11.0. The molecule has 1 unspecified atom stereocenters. The molecule has 2 heteroatoms. The van der Waals surface area contributed by atoms with Gasteiger partial charge >= 0.3 is 5.97 Å². The highest BCUT2D eigenvalue weighted by molar-refractivity contribution is 5.74. The summed E-state index contributed by atoms with van der Waals surface area (Å²) >= 11 is 0. The van der Waals surface area contributed by atoms with E-state index >= 15 is 0 Å². The molecule has 2 nitrogen and oxygen atoms in total. The molecule has 0 radical (unpaired) electrons. The number of carbonyl (C=O) groups excluding carboxylic acids is 1. The second-order valence-electron chi connectivity index (χ2n) is 19.1. The lowest BCUT2D eigenvalue weighted by Gasteiger charge is -2.55. The number of ether oxygens (including phenoxy) is 1. The van der Waals surface area contributed by atoms with E-state index in [4.69, 9.17) is 4.74 Å². The SMILES string of the molecule is CC=C(C)C=CC=C(C)C=CC1=C(C)CC(C(=O)O[C@H]2CC[C@@]3(C)C(=CC=C4[C@@H]5CC[C@H]([C@H](C)C=C[C@H](C)C(C)C)[C@@]5(C)CC[C@@H]43)C2)CC1(C)C. The van der Waals surface area contributed by atoms with Crippen LogP contribution < -0.4 is 0 Å². The Bertz CT molecular complexity index is 1550. The third-order valence-corrected chi connectivity index (χ3v) is 14.8. The maximum atomic E-state index is 13.8. The molecule has 3 saturated carbocycles. The molecule has 0 amide bonds. The predicted molar refractivity (Wildman–Crippen MR) is 218 cm³/mol. The third-order valence-electron chi connectivity index (χ3n) is 14.8. The van der Waals surface area contributed by atoms with Gasteiger partial charge in [-0.3, -0.25) is 4.79 Å². The second kappa shape index (κ2) is 15.8. The minimum absolute atomic E-state index is 0.00178. The molecule has 5 aliphatic rings. The Morgan fingerprint density at radius 1 is 0.882 bits per heavy atom.